The molecule has 0 fully saturated rings. The van der Waals surface area contributed by atoms with Crippen molar-refractivity contribution in [3.05, 3.63) is 65.7 Å². The van der Waals surface area contributed by atoms with E-state index in [-0.39, 0.29) is 4.90 Å². The van der Waals surface area contributed by atoms with Crippen LogP contribution in [0.3, 0.4) is 0 Å². The van der Waals surface area contributed by atoms with Gasteiger partial charge < -0.3 is 4.74 Å². The maximum atomic E-state index is 12.8. The van der Waals surface area contributed by atoms with Gasteiger partial charge in [0.1, 0.15) is 12.4 Å². The first-order valence-corrected chi connectivity index (χ1v) is 9.34. The highest BCUT2D eigenvalue weighted by Crippen LogP contribution is 2.26. The van der Waals surface area contributed by atoms with Crippen LogP contribution in [0.1, 0.15) is 6.92 Å². The van der Waals surface area contributed by atoms with Gasteiger partial charge in [-0.15, -0.1) is 0 Å². The second kappa shape index (κ2) is 7.66. The first-order valence-electron chi connectivity index (χ1n) is 7.11. The second-order valence-corrected chi connectivity index (χ2v) is 7.50. The summed E-state index contributed by atoms with van der Waals surface area (Å²) >= 11 is 3.31. The molecule has 0 spiro atoms. The van der Waals surface area contributed by atoms with Gasteiger partial charge in [0.15, 0.2) is 0 Å². The molecule has 0 amide bonds. The third-order valence-corrected chi connectivity index (χ3v) is 5.63. The van der Waals surface area contributed by atoms with E-state index >= 15 is 0 Å². The van der Waals surface area contributed by atoms with Gasteiger partial charge in [-0.3, -0.25) is 4.31 Å². The zero-order chi connectivity index (χ0) is 16.9. The quantitative estimate of drug-likeness (QED) is 0.658. The molecule has 0 bridgehead atoms. The summed E-state index contributed by atoms with van der Waals surface area (Å²) in [7, 11) is -3.60. The fraction of sp³-hybridized carbons (Fsp3) is 0.176. The molecule has 0 saturated heterocycles. The molecule has 122 valence electrons. The van der Waals surface area contributed by atoms with Gasteiger partial charge in [-0.1, -0.05) is 28.6 Å². The third kappa shape index (κ3) is 4.14. The Morgan fingerprint density at radius 3 is 2.26 bits per heavy atom. The lowest BCUT2D eigenvalue weighted by atomic mass is 10.3. The highest BCUT2D eigenvalue weighted by Gasteiger charge is 2.23. The molecule has 0 atom stereocenters. The molecule has 23 heavy (non-hydrogen) atoms. The first kappa shape index (κ1) is 17.6. The Morgan fingerprint density at radius 2 is 1.74 bits per heavy atom. The Balaban J connectivity index is 2.31. The minimum Gasteiger partial charge on any atom is -0.490 e. The summed E-state index contributed by atoms with van der Waals surface area (Å²) in [5.41, 5.74) is 0.598. The Bertz CT molecular complexity index is 755. The molecule has 4 nitrogen and oxygen atoms in total. The summed E-state index contributed by atoms with van der Waals surface area (Å²) in [6, 6.07) is 13.6. The van der Waals surface area contributed by atoms with Crippen LogP contribution in [0.25, 0.3) is 0 Å². The molecular formula is C17H18BrNO3S. The molecule has 0 radical (unpaired) electrons. The predicted molar refractivity (Wildman–Crippen MR) is 96.5 cm³/mol. The van der Waals surface area contributed by atoms with Gasteiger partial charge in [-0.2, -0.15) is 0 Å². The van der Waals surface area contributed by atoms with E-state index in [9.17, 15) is 8.42 Å². The van der Waals surface area contributed by atoms with Crippen molar-refractivity contribution in [2.45, 2.75) is 11.8 Å². The van der Waals surface area contributed by atoms with Crippen LogP contribution in [-0.2, 0) is 10.0 Å². The molecule has 0 saturated carbocycles. The maximum absolute atomic E-state index is 12.8. The van der Waals surface area contributed by atoms with Crippen LogP contribution in [0.5, 0.6) is 5.75 Å². The number of ether oxygens (including phenoxy) is 1. The molecule has 0 aliphatic rings. The number of hydrogen-bond donors (Lipinski definition) is 0. The topological polar surface area (TPSA) is 46.6 Å². The third-order valence-electron chi connectivity index (χ3n) is 3.18. The SMILES string of the molecule is C=CCOc1ccc(N(CC)S(=O)(=O)c2ccc(Br)cc2)cc1. The van der Waals surface area contributed by atoms with Crippen LogP contribution in [0.15, 0.2) is 70.6 Å². The van der Waals surface area contributed by atoms with Crippen LogP contribution in [0.2, 0.25) is 0 Å². The lowest BCUT2D eigenvalue weighted by molar-refractivity contribution is 0.363. The smallest absolute Gasteiger partial charge is 0.264 e. The van der Waals surface area contributed by atoms with Crippen molar-refractivity contribution < 1.29 is 13.2 Å². The fourth-order valence-corrected chi connectivity index (χ4v) is 3.83. The highest BCUT2D eigenvalue weighted by atomic mass is 79.9. The first-order chi connectivity index (χ1) is 11.0. The van der Waals surface area contributed by atoms with E-state index in [2.05, 4.69) is 22.5 Å². The molecule has 0 aliphatic heterocycles. The molecule has 0 aromatic heterocycles. The van der Waals surface area contributed by atoms with E-state index in [4.69, 9.17) is 4.74 Å². The summed E-state index contributed by atoms with van der Waals surface area (Å²) in [4.78, 5) is 0.259. The normalized spacial score (nSPS) is 11.0. The zero-order valence-electron chi connectivity index (χ0n) is 12.8. The van der Waals surface area contributed by atoms with Crippen molar-refractivity contribution in [1.29, 1.82) is 0 Å². The van der Waals surface area contributed by atoms with Crippen LogP contribution in [0, 0.1) is 0 Å². The summed E-state index contributed by atoms with van der Waals surface area (Å²) < 4.78 is 33.2. The second-order valence-electron chi connectivity index (χ2n) is 4.72. The number of sulfonamides is 1. The van der Waals surface area contributed by atoms with Crippen LogP contribution in [0.4, 0.5) is 5.69 Å². The highest BCUT2D eigenvalue weighted by molar-refractivity contribution is 9.10. The number of benzene rings is 2. The molecule has 6 heteroatoms. The average Bonchev–Trinajstić information content (AvgIpc) is 2.55. The standard InChI is InChI=1S/C17H18BrNO3S/c1-3-13-22-16-9-7-15(8-10-16)19(4-2)23(20,21)17-11-5-14(18)6-12-17/h3,5-12H,1,4,13H2,2H3. The van der Waals surface area contributed by atoms with Gasteiger partial charge in [-0.05, 0) is 55.5 Å². The Kier molecular flexibility index (Phi) is 5.85. The van der Waals surface area contributed by atoms with Crippen LogP contribution < -0.4 is 9.04 Å². The monoisotopic (exact) mass is 395 g/mol. The van der Waals surface area contributed by atoms with Crippen LogP contribution >= 0.6 is 15.9 Å². The summed E-state index contributed by atoms with van der Waals surface area (Å²) in [6.45, 7) is 6.14. The largest absolute Gasteiger partial charge is 0.490 e. The number of nitrogens with zero attached hydrogens (tertiary/aromatic N) is 1. The van der Waals surface area contributed by atoms with Crippen molar-refractivity contribution in [3.8, 4) is 5.75 Å². The van der Waals surface area contributed by atoms with Gasteiger partial charge in [0, 0.05) is 11.0 Å². The molecule has 2 aromatic rings. The van der Waals surface area contributed by atoms with Crippen molar-refractivity contribution in [2.24, 2.45) is 0 Å². The van der Waals surface area contributed by atoms with Crippen molar-refractivity contribution in [2.75, 3.05) is 17.5 Å². The number of hydrogen-bond acceptors (Lipinski definition) is 3. The Labute approximate surface area is 145 Å². The summed E-state index contributed by atoms with van der Waals surface area (Å²) in [6.07, 6.45) is 1.66. The molecule has 0 aliphatic carbocycles. The van der Waals surface area contributed by atoms with E-state index in [1.165, 1.54) is 4.31 Å². The minimum absolute atomic E-state index is 0.259. The fourth-order valence-electron chi connectivity index (χ4n) is 2.09. The maximum Gasteiger partial charge on any atom is 0.264 e. The van der Waals surface area contributed by atoms with E-state index in [0.29, 0.717) is 24.6 Å². The van der Waals surface area contributed by atoms with E-state index in [1.807, 2.05) is 0 Å². The zero-order valence-corrected chi connectivity index (χ0v) is 15.2. The number of anilines is 1. The van der Waals surface area contributed by atoms with E-state index in [0.717, 1.165) is 4.47 Å². The minimum atomic E-state index is -3.60. The van der Waals surface area contributed by atoms with Crippen LogP contribution in [-0.4, -0.2) is 21.6 Å². The molecule has 0 unspecified atom stereocenters. The number of rotatable bonds is 7. The van der Waals surface area contributed by atoms with Gasteiger partial charge in [0.05, 0.1) is 10.6 Å². The lowest BCUT2D eigenvalue weighted by Crippen LogP contribution is -2.30. The molecule has 0 heterocycles. The average molecular weight is 396 g/mol. The van der Waals surface area contributed by atoms with Gasteiger partial charge >= 0.3 is 0 Å². The van der Waals surface area contributed by atoms with Crippen molar-refractivity contribution in [1.82, 2.24) is 0 Å². The van der Waals surface area contributed by atoms with Gasteiger partial charge in [0.25, 0.3) is 10.0 Å². The van der Waals surface area contributed by atoms with Crippen molar-refractivity contribution >= 4 is 31.6 Å². The molecule has 2 rings (SSSR count). The molecule has 2 aromatic carbocycles. The van der Waals surface area contributed by atoms with E-state index < -0.39 is 10.0 Å². The summed E-state index contributed by atoms with van der Waals surface area (Å²) in [5.74, 6) is 0.672. The van der Waals surface area contributed by atoms with Gasteiger partial charge in [0.2, 0.25) is 0 Å². The molecular weight excluding hydrogens is 378 g/mol. The Hall–Kier alpha value is -1.79. The van der Waals surface area contributed by atoms with Crippen molar-refractivity contribution in [3.63, 3.8) is 0 Å². The Morgan fingerprint density at radius 1 is 1.13 bits per heavy atom. The van der Waals surface area contributed by atoms with E-state index in [1.54, 1.807) is 61.5 Å². The predicted octanol–water partition coefficient (Wildman–Crippen LogP) is 4.23. The lowest BCUT2D eigenvalue weighted by Gasteiger charge is -2.23. The summed E-state index contributed by atoms with van der Waals surface area (Å²) in [5, 5.41) is 0. The molecule has 0 N–H and O–H groups in total. The van der Waals surface area contributed by atoms with Gasteiger partial charge in [-0.25, -0.2) is 8.42 Å². The number of halogens is 1.